The molecule has 0 spiro atoms. The Hall–Kier alpha value is -0.760. The number of furan rings is 1. The highest BCUT2D eigenvalue weighted by Crippen LogP contribution is 2.59. The summed E-state index contributed by atoms with van der Waals surface area (Å²) in [6, 6.07) is 4.41. The van der Waals surface area contributed by atoms with Crippen LogP contribution >= 0.6 is 0 Å². The summed E-state index contributed by atoms with van der Waals surface area (Å²) in [4.78, 5) is 0. The van der Waals surface area contributed by atoms with Gasteiger partial charge in [0.05, 0.1) is 6.54 Å². The Balaban J connectivity index is 1.60. The number of hydrogen-bond donors (Lipinski definition) is 1. The summed E-state index contributed by atoms with van der Waals surface area (Å²) in [5.74, 6) is 7.08. The van der Waals surface area contributed by atoms with Gasteiger partial charge in [0.1, 0.15) is 11.5 Å². The summed E-state index contributed by atoms with van der Waals surface area (Å²) < 4.78 is 6.09. The van der Waals surface area contributed by atoms with Gasteiger partial charge in [-0.05, 0) is 75.0 Å². The maximum Gasteiger partial charge on any atom is 0.117 e. The third-order valence-corrected chi connectivity index (χ3v) is 5.59. The zero-order valence-corrected chi connectivity index (χ0v) is 11.2. The molecule has 1 heterocycles. The minimum atomic E-state index is 0.739. The van der Waals surface area contributed by atoms with Gasteiger partial charge in [0.25, 0.3) is 0 Å². The van der Waals surface area contributed by atoms with Gasteiger partial charge in [0, 0.05) is 5.92 Å². The predicted octanol–water partition coefficient (Wildman–Crippen LogP) is 3.54. The smallest absolute Gasteiger partial charge is 0.117 e. The van der Waals surface area contributed by atoms with E-state index in [1.807, 2.05) is 7.05 Å². The van der Waals surface area contributed by atoms with Crippen LogP contribution in [0.5, 0.6) is 0 Å². The Morgan fingerprint density at radius 3 is 2.33 bits per heavy atom. The Morgan fingerprint density at radius 1 is 1.06 bits per heavy atom. The summed E-state index contributed by atoms with van der Waals surface area (Å²) >= 11 is 0. The predicted molar refractivity (Wildman–Crippen MR) is 71.3 cm³/mol. The van der Waals surface area contributed by atoms with E-state index in [0.29, 0.717) is 0 Å². The molecular weight excluding hydrogens is 222 g/mol. The van der Waals surface area contributed by atoms with Crippen molar-refractivity contribution >= 4 is 0 Å². The van der Waals surface area contributed by atoms with Crippen LogP contribution in [0.15, 0.2) is 16.5 Å². The van der Waals surface area contributed by atoms with E-state index in [1.165, 1.54) is 37.9 Å². The summed E-state index contributed by atoms with van der Waals surface area (Å²) in [6.45, 7) is 0.854. The van der Waals surface area contributed by atoms with E-state index in [-0.39, 0.29) is 0 Å². The van der Waals surface area contributed by atoms with Crippen molar-refractivity contribution in [2.45, 2.75) is 44.6 Å². The molecule has 1 N–H and O–H groups in total. The van der Waals surface area contributed by atoms with Crippen LogP contribution in [-0.2, 0) is 6.54 Å². The van der Waals surface area contributed by atoms with Crippen molar-refractivity contribution < 1.29 is 4.42 Å². The van der Waals surface area contributed by atoms with Crippen LogP contribution in [0.3, 0.4) is 0 Å². The van der Waals surface area contributed by atoms with Crippen molar-refractivity contribution in [3.05, 3.63) is 23.7 Å². The molecule has 1 aromatic heterocycles. The molecule has 2 nitrogen and oxygen atoms in total. The van der Waals surface area contributed by atoms with Crippen molar-refractivity contribution in [1.82, 2.24) is 5.32 Å². The van der Waals surface area contributed by atoms with E-state index >= 15 is 0 Å². The molecule has 98 valence electrons. The quantitative estimate of drug-likeness (QED) is 0.881. The van der Waals surface area contributed by atoms with Gasteiger partial charge < -0.3 is 9.73 Å². The number of rotatable bonds is 3. The van der Waals surface area contributed by atoms with Crippen molar-refractivity contribution in [2.75, 3.05) is 7.05 Å². The largest absolute Gasteiger partial charge is 0.464 e. The highest BCUT2D eigenvalue weighted by atomic mass is 16.3. The third-order valence-electron chi connectivity index (χ3n) is 5.59. The molecule has 4 saturated carbocycles. The average molecular weight is 245 g/mol. The molecule has 4 bridgehead atoms. The second-order valence-electron chi connectivity index (χ2n) is 6.79. The fourth-order valence-corrected chi connectivity index (χ4v) is 5.23. The van der Waals surface area contributed by atoms with Crippen LogP contribution in [0.4, 0.5) is 0 Å². The molecule has 0 aromatic carbocycles. The Bertz CT molecular complexity index is 408. The molecule has 0 amide bonds. The lowest BCUT2D eigenvalue weighted by atomic mass is 9.51. The first-order valence-electron chi connectivity index (χ1n) is 7.56. The Labute approximate surface area is 109 Å². The second-order valence-corrected chi connectivity index (χ2v) is 6.79. The normalized spacial score (nSPS) is 41.5. The maximum atomic E-state index is 6.09. The highest BCUT2D eigenvalue weighted by molar-refractivity contribution is 5.17. The van der Waals surface area contributed by atoms with Crippen molar-refractivity contribution in [3.8, 4) is 0 Å². The molecule has 0 aliphatic heterocycles. The topological polar surface area (TPSA) is 25.2 Å². The van der Waals surface area contributed by atoms with Crippen molar-refractivity contribution in [1.29, 1.82) is 0 Å². The lowest BCUT2D eigenvalue weighted by Crippen LogP contribution is -2.43. The van der Waals surface area contributed by atoms with Gasteiger partial charge in [-0.3, -0.25) is 0 Å². The molecule has 1 aromatic rings. The van der Waals surface area contributed by atoms with Gasteiger partial charge in [-0.1, -0.05) is 0 Å². The molecule has 0 unspecified atom stereocenters. The lowest BCUT2D eigenvalue weighted by molar-refractivity contribution is -0.00993. The lowest BCUT2D eigenvalue weighted by Gasteiger charge is -2.53. The van der Waals surface area contributed by atoms with Crippen molar-refractivity contribution in [3.63, 3.8) is 0 Å². The molecule has 0 radical (unpaired) electrons. The summed E-state index contributed by atoms with van der Waals surface area (Å²) in [5, 5.41) is 3.17. The Kier molecular flexibility index (Phi) is 2.54. The van der Waals surface area contributed by atoms with E-state index in [1.54, 1.807) is 0 Å². The van der Waals surface area contributed by atoms with Gasteiger partial charge in [-0.15, -0.1) is 0 Å². The molecule has 0 atom stereocenters. The first-order valence-corrected chi connectivity index (χ1v) is 7.56. The molecule has 4 aliphatic rings. The van der Waals surface area contributed by atoms with Gasteiger partial charge >= 0.3 is 0 Å². The fraction of sp³-hybridized carbons (Fsp3) is 0.750. The summed E-state index contributed by atoms with van der Waals surface area (Å²) in [6.07, 6.45) is 7.42. The van der Waals surface area contributed by atoms with Gasteiger partial charge in [-0.2, -0.15) is 0 Å². The van der Waals surface area contributed by atoms with Gasteiger partial charge in [0.2, 0.25) is 0 Å². The summed E-state index contributed by atoms with van der Waals surface area (Å²) in [7, 11) is 1.98. The Morgan fingerprint density at radius 2 is 1.72 bits per heavy atom. The first kappa shape index (κ1) is 11.1. The average Bonchev–Trinajstić information content (AvgIpc) is 2.76. The summed E-state index contributed by atoms with van der Waals surface area (Å²) in [5.41, 5.74) is 0. The molecule has 18 heavy (non-hydrogen) atoms. The maximum absolute atomic E-state index is 6.09. The highest BCUT2D eigenvalue weighted by Gasteiger charge is 2.49. The molecule has 4 fully saturated rings. The van der Waals surface area contributed by atoms with Crippen LogP contribution in [-0.4, -0.2) is 7.05 Å². The zero-order chi connectivity index (χ0) is 12.1. The van der Waals surface area contributed by atoms with E-state index < -0.39 is 0 Å². The molecule has 2 heteroatoms. The molecule has 0 saturated heterocycles. The minimum Gasteiger partial charge on any atom is -0.464 e. The van der Waals surface area contributed by atoms with E-state index in [0.717, 1.165) is 41.9 Å². The van der Waals surface area contributed by atoms with Gasteiger partial charge in [0.15, 0.2) is 0 Å². The fourth-order valence-electron chi connectivity index (χ4n) is 5.23. The SMILES string of the molecule is CNCc1ccc(C2C3CC4CC(C3)CC2C4)o1. The number of hydrogen-bond acceptors (Lipinski definition) is 2. The third kappa shape index (κ3) is 1.65. The van der Waals surface area contributed by atoms with E-state index in [4.69, 9.17) is 4.42 Å². The molecule has 5 rings (SSSR count). The van der Waals surface area contributed by atoms with Crippen LogP contribution < -0.4 is 5.32 Å². The first-order chi connectivity index (χ1) is 8.83. The second kappa shape index (κ2) is 4.12. The van der Waals surface area contributed by atoms with Crippen molar-refractivity contribution in [2.24, 2.45) is 23.7 Å². The van der Waals surface area contributed by atoms with Crippen LogP contribution in [0, 0.1) is 23.7 Å². The zero-order valence-electron chi connectivity index (χ0n) is 11.2. The number of nitrogens with one attached hydrogen (secondary N) is 1. The standard InChI is InChI=1S/C16H23NO/c1-17-9-14-2-3-15(18-14)16-12-5-10-4-11(7-12)8-13(16)6-10/h2-3,10-13,16-17H,4-9H2,1H3. The van der Waals surface area contributed by atoms with Crippen LogP contribution in [0.1, 0.15) is 49.5 Å². The minimum absolute atomic E-state index is 0.739. The van der Waals surface area contributed by atoms with E-state index in [9.17, 15) is 0 Å². The monoisotopic (exact) mass is 245 g/mol. The van der Waals surface area contributed by atoms with Crippen LogP contribution in [0.2, 0.25) is 0 Å². The van der Waals surface area contributed by atoms with E-state index in [2.05, 4.69) is 17.4 Å². The molecular formula is C16H23NO. The van der Waals surface area contributed by atoms with Crippen LogP contribution in [0.25, 0.3) is 0 Å². The van der Waals surface area contributed by atoms with Gasteiger partial charge in [-0.25, -0.2) is 0 Å². The molecule has 4 aliphatic carbocycles.